The maximum Gasteiger partial charge on any atom is 0.251 e. The molecule has 2 N–H and O–H groups in total. The van der Waals surface area contributed by atoms with Crippen molar-refractivity contribution in [3.8, 4) is 0 Å². The van der Waals surface area contributed by atoms with Crippen molar-refractivity contribution >= 4 is 28.3 Å². The summed E-state index contributed by atoms with van der Waals surface area (Å²) in [7, 11) is 0. The molecule has 0 saturated carbocycles. The highest BCUT2D eigenvalue weighted by molar-refractivity contribution is 5.98. The number of amides is 2. The van der Waals surface area contributed by atoms with Crippen LogP contribution in [0.15, 0.2) is 97.2 Å². The first kappa shape index (κ1) is 21.7. The van der Waals surface area contributed by atoms with Crippen LogP contribution in [0, 0.1) is 0 Å². The summed E-state index contributed by atoms with van der Waals surface area (Å²) in [6, 6.07) is 26.5. The van der Waals surface area contributed by atoms with Gasteiger partial charge >= 0.3 is 0 Å². The molecule has 34 heavy (non-hydrogen) atoms. The number of aromatic amines is 1. The molecule has 170 valence electrons. The van der Waals surface area contributed by atoms with E-state index in [1.54, 1.807) is 12.1 Å². The minimum Gasteiger partial charge on any atom is -0.361 e. The minimum absolute atomic E-state index is 0.0534. The van der Waals surface area contributed by atoms with E-state index in [9.17, 15) is 9.59 Å². The Balaban J connectivity index is 1.34. The number of carbonyl (C=O) groups is 2. The number of aromatic nitrogens is 1. The van der Waals surface area contributed by atoms with Crippen LogP contribution in [0.2, 0.25) is 0 Å². The molecule has 1 atom stereocenters. The monoisotopic (exact) mass is 449 g/mol. The number of para-hydroxylation sites is 1. The first-order valence-electron chi connectivity index (χ1n) is 11.6. The van der Waals surface area contributed by atoms with Crippen molar-refractivity contribution in [1.29, 1.82) is 0 Å². The van der Waals surface area contributed by atoms with Gasteiger partial charge in [-0.15, -0.1) is 0 Å². The summed E-state index contributed by atoms with van der Waals surface area (Å²) in [5.74, 6) is -0.288. The molecule has 0 aliphatic carbocycles. The smallest absolute Gasteiger partial charge is 0.251 e. The summed E-state index contributed by atoms with van der Waals surface area (Å²) >= 11 is 0. The van der Waals surface area contributed by atoms with Crippen molar-refractivity contribution in [1.82, 2.24) is 15.2 Å². The van der Waals surface area contributed by atoms with Crippen LogP contribution in [0.1, 0.15) is 27.9 Å². The maximum atomic E-state index is 13.6. The Bertz CT molecular complexity index is 1330. The highest BCUT2D eigenvalue weighted by atomic mass is 16.2. The number of carbonyl (C=O) groups excluding carboxylic acids is 2. The van der Waals surface area contributed by atoms with Crippen LogP contribution in [0.25, 0.3) is 16.5 Å². The Hall–Kier alpha value is -4.12. The second-order valence-corrected chi connectivity index (χ2v) is 8.59. The average Bonchev–Trinajstić information content (AvgIpc) is 3.33. The summed E-state index contributed by atoms with van der Waals surface area (Å²) in [6.07, 6.45) is 5.41. The standard InChI is InChI=1S/C29H27N3O2/c33-28(23-11-5-2-6-12-23)31-27(19-21-9-3-1-4-10-21)29(34)32-17-15-22(16-18-32)25-20-30-26-14-8-7-13-24(25)26/h1-15,20,27,30H,16-19H2,(H,31,33)/t27-/m1/s1. The normalized spacial score (nSPS) is 14.5. The molecule has 0 bridgehead atoms. The van der Waals surface area contributed by atoms with Crippen LogP contribution in [0.3, 0.4) is 0 Å². The largest absolute Gasteiger partial charge is 0.361 e. The van der Waals surface area contributed by atoms with Crippen molar-refractivity contribution in [2.24, 2.45) is 0 Å². The zero-order chi connectivity index (χ0) is 23.3. The highest BCUT2D eigenvalue weighted by Crippen LogP contribution is 2.29. The molecule has 4 aromatic rings. The van der Waals surface area contributed by atoms with Crippen molar-refractivity contribution in [3.05, 3.63) is 114 Å². The van der Waals surface area contributed by atoms with Gasteiger partial charge in [-0.1, -0.05) is 72.8 Å². The number of H-pyrrole nitrogens is 1. The second-order valence-electron chi connectivity index (χ2n) is 8.59. The van der Waals surface area contributed by atoms with Crippen LogP contribution in [-0.2, 0) is 11.2 Å². The molecule has 0 spiro atoms. The molecule has 5 nitrogen and oxygen atoms in total. The van der Waals surface area contributed by atoms with E-state index in [1.165, 1.54) is 16.5 Å². The summed E-state index contributed by atoms with van der Waals surface area (Å²) in [5, 5.41) is 4.19. The SMILES string of the molecule is O=C(N[C@H](Cc1ccccc1)C(=O)N1CC=C(c2c[nH]c3ccccc23)CC1)c1ccccc1. The van der Waals surface area contributed by atoms with Gasteiger partial charge in [0, 0.05) is 47.7 Å². The van der Waals surface area contributed by atoms with Gasteiger partial charge in [-0.25, -0.2) is 0 Å². The number of hydrogen-bond donors (Lipinski definition) is 2. The molecule has 5 rings (SSSR count). The van der Waals surface area contributed by atoms with Crippen LogP contribution >= 0.6 is 0 Å². The molecule has 0 fully saturated rings. The molecule has 0 saturated heterocycles. The van der Waals surface area contributed by atoms with E-state index in [-0.39, 0.29) is 11.8 Å². The molecule has 1 aromatic heterocycles. The number of rotatable bonds is 6. The molecule has 1 aliphatic rings. The predicted molar refractivity (Wildman–Crippen MR) is 135 cm³/mol. The van der Waals surface area contributed by atoms with E-state index >= 15 is 0 Å². The van der Waals surface area contributed by atoms with Crippen molar-refractivity contribution < 1.29 is 9.59 Å². The van der Waals surface area contributed by atoms with E-state index in [2.05, 4.69) is 28.5 Å². The lowest BCUT2D eigenvalue weighted by molar-refractivity contribution is -0.132. The molecule has 0 radical (unpaired) electrons. The topological polar surface area (TPSA) is 65.2 Å². The Morgan fingerprint density at radius 2 is 1.62 bits per heavy atom. The van der Waals surface area contributed by atoms with Crippen molar-refractivity contribution in [2.45, 2.75) is 18.9 Å². The first-order valence-corrected chi connectivity index (χ1v) is 11.6. The van der Waals surface area contributed by atoms with Crippen molar-refractivity contribution in [3.63, 3.8) is 0 Å². The van der Waals surface area contributed by atoms with Crippen LogP contribution in [0.4, 0.5) is 0 Å². The molecule has 2 heterocycles. The van der Waals surface area contributed by atoms with Gasteiger partial charge in [0.2, 0.25) is 5.91 Å². The minimum atomic E-state index is -0.627. The van der Waals surface area contributed by atoms with Crippen LogP contribution in [-0.4, -0.2) is 40.8 Å². The zero-order valence-corrected chi connectivity index (χ0v) is 18.9. The van der Waals surface area contributed by atoms with Gasteiger partial charge in [0.25, 0.3) is 5.91 Å². The lowest BCUT2D eigenvalue weighted by Gasteiger charge is -2.30. The number of nitrogens with zero attached hydrogens (tertiary/aromatic N) is 1. The van der Waals surface area contributed by atoms with Gasteiger partial charge in [-0.3, -0.25) is 9.59 Å². The van der Waals surface area contributed by atoms with Gasteiger partial charge in [0.1, 0.15) is 6.04 Å². The molecular formula is C29H27N3O2. The maximum absolute atomic E-state index is 13.6. The summed E-state index contributed by atoms with van der Waals surface area (Å²) in [6.45, 7) is 1.15. The van der Waals surface area contributed by atoms with Gasteiger partial charge < -0.3 is 15.2 Å². The van der Waals surface area contributed by atoms with E-state index in [1.807, 2.05) is 71.8 Å². The molecule has 1 aliphatic heterocycles. The van der Waals surface area contributed by atoms with Gasteiger partial charge in [-0.05, 0) is 35.8 Å². The molecule has 3 aromatic carbocycles. The average molecular weight is 450 g/mol. The fourth-order valence-electron chi connectivity index (χ4n) is 4.55. The predicted octanol–water partition coefficient (Wildman–Crippen LogP) is 4.82. The Labute approximate surface area is 199 Å². The third-order valence-electron chi connectivity index (χ3n) is 6.38. The number of nitrogens with one attached hydrogen (secondary N) is 2. The van der Waals surface area contributed by atoms with E-state index in [0.717, 1.165) is 17.5 Å². The Morgan fingerprint density at radius 3 is 2.35 bits per heavy atom. The second kappa shape index (κ2) is 9.79. The molecule has 2 amide bonds. The fourth-order valence-corrected chi connectivity index (χ4v) is 4.55. The summed E-state index contributed by atoms with van der Waals surface area (Å²) in [5.41, 5.74) is 5.12. The number of benzene rings is 3. The van der Waals surface area contributed by atoms with Crippen molar-refractivity contribution in [2.75, 3.05) is 13.1 Å². The lowest BCUT2D eigenvalue weighted by atomic mass is 9.97. The summed E-state index contributed by atoms with van der Waals surface area (Å²) < 4.78 is 0. The molecule has 5 heteroatoms. The quantitative estimate of drug-likeness (QED) is 0.443. The fraction of sp³-hybridized carbons (Fsp3) is 0.172. The van der Waals surface area contributed by atoms with E-state index in [4.69, 9.17) is 0 Å². The lowest BCUT2D eigenvalue weighted by Crippen LogP contribution is -2.50. The third-order valence-corrected chi connectivity index (χ3v) is 6.38. The number of fused-ring (bicyclic) bond motifs is 1. The number of hydrogen-bond acceptors (Lipinski definition) is 2. The Kier molecular flexibility index (Phi) is 6.25. The van der Waals surface area contributed by atoms with Crippen LogP contribution < -0.4 is 5.32 Å². The van der Waals surface area contributed by atoms with Gasteiger partial charge in [-0.2, -0.15) is 0 Å². The van der Waals surface area contributed by atoms with Gasteiger partial charge in [0.15, 0.2) is 0 Å². The van der Waals surface area contributed by atoms with E-state index < -0.39 is 6.04 Å². The molecular weight excluding hydrogens is 422 g/mol. The Morgan fingerprint density at radius 1 is 0.912 bits per heavy atom. The van der Waals surface area contributed by atoms with Crippen LogP contribution in [0.5, 0.6) is 0 Å². The van der Waals surface area contributed by atoms with Gasteiger partial charge in [0.05, 0.1) is 0 Å². The first-order chi connectivity index (χ1) is 16.7. The third kappa shape index (κ3) is 4.64. The highest BCUT2D eigenvalue weighted by Gasteiger charge is 2.28. The summed E-state index contributed by atoms with van der Waals surface area (Å²) in [4.78, 5) is 31.6. The van der Waals surface area contributed by atoms with E-state index in [0.29, 0.717) is 25.1 Å². The molecule has 0 unspecified atom stereocenters. The zero-order valence-electron chi connectivity index (χ0n) is 18.9.